The Hall–Kier alpha value is -2.78. The van der Waals surface area contributed by atoms with Crippen molar-refractivity contribution in [2.75, 3.05) is 0 Å². The van der Waals surface area contributed by atoms with Crippen molar-refractivity contribution in [3.8, 4) is 10.6 Å². The first kappa shape index (κ1) is 20.5. The summed E-state index contributed by atoms with van der Waals surface area (Å²) in [6.07, 6.45) is -4.41. The number of fused-ring (bicyclic) bond motifs is 1. The molecule has 2 aromatic carbocycles. The number of hydrogen-bond acceptors (Lipinski definition) is 5. The molecule has 30 heavy (non-hydrogen) atoms. The third-order valence-electron chi connectivity index (χ3n) is 4.66. The zero-order valence-corrected chi connectivity index (χ0v) is 17.5. The Morgan fingerprint density at radius 3 is 2.37 bits per heavy atom. The van der Waals surface area contributed by atoms with E-state index in [9.17, 15) is 23.1 Å². The smallest absolute Gasteiger partial charge is 0.416 e. The van der Waals surface area contributed by atoms with Gasteiger partial charge in [0.2, 0.25) is 0 Å². The van der Waals surface area contributed by atoms with Gasteiger partial charge in [0.05, 0.1) is 26.5 Å². The number of benzene rings is 2. The van der Waals surface area contributed by atoms with Crippen molar-refractivity contribution in [2.24, 2.45) is 0 Å². The summed E-state index contributed by atoms with van der Waals surface area (Å²) in [5.74, 6) is -1.95. The Labute approximate surface area is 177 Å². The lowest BCUT2D eigenvalue weighted by Gasteiger charge is -2.12. The van der Waals surface area contributed by atoms with Crippen LogP contribution in [0.5, 0.6) is 0 Å². The fourth-order valence-corrected chi connectivity index (χ4v) is 5.44. The molecule has 1 N–H and O–H groups in total. The molecule has 1 atom stereocenters. The molecule has 0 spiro atoms. The predicted molar refractivity (Wildman–Crippen MR) is 111 cm³/mol. The highest BCUT2D eigenvalue weighted by Gasteiger charge is 2.31. The Bertz CT molecular complexity index is 1240. The van der Waals surface area contributed by atoms with Gasteiger partial charge in [-0.15, -0.1) is 22.7 Å². The van der Waals surface area contributed by atoms with Gasteiger partial charge in [0, 0.05) is 10.4 Å². The lowest BCUT2D eigenvalue weighted by molar-refractivity contribution is -0.138. The molecule has 0 bridgehead atoms. The summed E-state index contributed by atoms with van der Waals surface area (Å²) in [7, 11) is 0. The Morgan fingerprint density at radius 2 is 1.73 bits per heavy atom. The van der Waals surface area contributed by atoms with Gasteiger partial charge in [0.1, 0.15) is 10.9 Å². The van der Waals surface area contributed by atoms with E-state index in [1.54, 1.807) is 19.1 Å². The Kier molecular flexibility index (Phi) is 5.11. The maximum absolute atomic E-state index is 12.8. The largest absolute Gasteiger partial charge is 0.481 e. The summed E-state index contributed by atoms with van der Waals surface area (Å²) in [5.41, 5.74) is 1.69. The zero-order chi connectivity index (χ0) is 21.6. The van der Waals surface area contributed by atoms with Crippen LogP contribution >= 0.6 is 22.7 Å². The molecule has 1 unspecified atom stereocenters. The van der Waals surface area contributed by atoms with Gasteiger partial charge in [-0.25, -0.2) is 9.97 Å². The van der Waals surface area contributed by atoms with Crippen molar-refractivity contribution in [3.05, 3.63) is 69.2 Å². The highest BCUT2D eigenvalue weighted by atomic mass is 32.1. The second kappa shape index (κ2) is 7.48. The van der Waals surface area contributed by atoms with E-state index in [0.717, 1.165) is 27.4 Å². The molecule has 0 radical (unpaired) electrons. The first-order chi connectivity index (χ1) is 14.1. The molecule has 0 amide bonds. The molecular formula is C21H15F3N2O2S2. The molecule has 2 heterocycles. The third-order valence-corrected chi connectivity index (χ3v) is 6.97. The average molecular weight is 448 g/mol. The van der Waals surface area contributed by atoms with Crippen LogP contribution in [-0.2, 0) is 11.0 Å². The highest BCUT2D eigenvalue weighted by molar-refractivity contribution is 7.18. The van der Waals surface area contributed by atoms with E-state index in [4.69, 9.17) is 0 Å². The van der Waals surface area contributed by atoms with Crippen molar-refractivity contribution in [1.82, 2.24) is 9.97 Å². The molecule has 4 rings (SSSR count). The summed E-state index contributed by atoms with van der Waals surface area (Å²) in [6.45, 7) is 3.58. The van der Waals surface area contributed by atoms with Crippen LogP contribution in [0.25, 0.3) is 20.8 Å². The number of aromatic nitrogens is 2. The predicted octanol–water partition coefficient (Wildman–Crippen LogP) is 6.27. The van der Waals surface area contributed by atoms with Crippen LogP contribution in [0.4, 0.5) is 13.2 Å². The molecule has 0 aliphatic rings. The molecule has 0 saturated heterocycles. The summed E-state index contributed by atoms with van der Waals surface area (Å²) >= 11 is 2.62. The molecule has 0 aliphatic carbocycles. The zero-order valence-electron chi connectivity index (χ0n) is 15.8. The van der Waals surface area contributed by atoms with Gasteiger partial charge in [-0.05, 0) is 37.6 Å². The number of halogens is 3. The van der Waals surface area contributed by atoms with Gasteiger partial charge in [-0.2, -0.15) is 13.2 Å². The summed E-state index contributed by atoms with van der Waals surface area (Å²) in [6, 6.07) is 10.1. The topological polar surface area (TPSA) is 63.1 Å². The monoisotopic (exact) mass is 448 g/mol. The van der Waals surface area contributed by atoms with Crippen molar-refractivity contribution in [3.63, 3.8) is 0 Å². The van der Waals surface area contributed by atoms with Gasteiger partial charge < -0.3 is 5.11 Å². The van der Waals surface area contributed by atoms with E-state index in [0.29, 0.717) is 26.7 Å². The molecule has 4 aromatic rings. The maximum Gasteiger partial charge on any atom is 0.416 e. The molecule has 0 fully saturated rings. The number of rotatable bonds is 4. The van der Waals surface area contributed by atoms with E-state index in [2.05, 4.69) is 9.97 Å². The first-order valence-electron chi connectivity index (χ1n) is 8.89. The number of carboxylic acids is 1. The van der Waals surface area contributed by atoms with Crippen molar-refractivity contribution < 1.29 is 23.1 Å². The van der Waals surface area contributed by atoms with Crippen LogP contribution in [0.2, 0.25) is 0 Å². The SMILES string of the molecule is Cc1nc2cccc(C(C(=O)O)c3sc(-c4ccc(C(F)(F)F)cc4)nc3C)c2s1. The maximum atomic E-state index is 12.8. The Morgan fingerprint density at radius 1 is 1.03 bits per heavy atom. The van der Waals surface area contributed by atoms with Crippen LogP contribution in [0, 0.1) is 13.8 Å². The van der Waals surface area contributed by atoms with Crippen LogP contribution in [-0.4, -0.2) is 21.0 Å². The molecule has 154 valence electrons. The number of nitrogens with zero attached hydrogens (tertiary/aromatic N) is 2. The number of aryl methyl sites for hydroxylation is 2. The molecule has 0 saturated carbocycles. The van der Waals surface area contributed by atoms with Gasteiger partial charge in [0.25, 0.3) is 0 Å². The second-order valence-corrected chi connectivity index (χ2v) is 8.98. The standard InChI is InChI=1S/C21H15F3N2O2S2/c1-10-17(30-19(25-10)12-6-8-13(9-7-12)21(22,23)24)16(20(27)28)14-4-3-5-15-18(14)29-11(2)26-15/h3-9,16H,1-2H3,(H,27,28). The van der Waals surface area contributed by atoms with Crippen LogP contribution < -0.4 is 0 Å². The van der Waals surface area contributed by atoms with Crippen LogP contribution in [0.15, 0.2) is 42.5 Å². The molecule has 0 aliphatic heterocycles. The molecular weight excluding hydrogens is 433 g/mol. The fraction of sp³-hybridized carbons (Fsp3) is 0.190. The highest BCUT2D eigenvalue weighted by Crippen LogP contribution is 2.40. The quantitative estimate of drug-likeness (QED) is 0.400. The molecule has 2 aromatic heterocycles. The third kappa shape index (κ3) is 3.70. The van der Waals surface area contributed by atoms with Crippen molar-refractivity contribution >= 4 is 38.9 Å². The number of alkyl halides is 3. The van der Waals surface area contributed by atoms with E-state index < -0.39 is 23.6 Å². The van der Waals surface area contributed by atoms with E-state index >= 15 is 0 Å². The minimum absolute atomic E-state index is 0.482. The Balaban J connectivity index is 1.79. The summed E-state index contributed by atoms with van der Waals surface area (Å²) in [5, 5.41) is 11.3. The second-order valence-electron chi connectivity index (χ2n) is 6.74. The van der Waals surface area contributed by atoms with Gasteiger partial charge in [0.15, 0.2) is 0 Å². The minimum Gasteiger partial charge on any atom is -0.481 e. The van der Waals surface area contributed by atoms with Crippen LogP contribution in [0.1, 0.15) is 32.6 Å². The number of thiazole rings is 2. The van der Waals surface area contributed by atoms with E-state index in [1.165, 1.54) is 34.8 Å². The van der Waals surface area contributed by atoms with Crippen LogP contribution in [0.3, 0.4) is 0 Å². The first-order valence-corrected chi connectivity index (χ1v) is 10.5. The number of aliphatic carboxylic acids is 1. The molecule has 4 nitrogen and oxygen atoms in total. The normalized spacial score (nSPS) is 13.0. The minimum atomic E-state index is -4.41. The number of carboxylic acid groups (broad SMARTS) is 1. The number of hydrogen-bond donors (Lipinski definition) is 1. The van der Waals surface area contributed by atoms with Gasteiger partial charge in [-0.3, -0.25) is 4.79 Å². The van der Waals surface area contributed by atoms with E-state index in [-0.39, 0.29) is 0 Å². The van der Waals surface area contributed by atoms with Gasteiger partial charge in [-0.1, -0.05) is 24.3 Å². The lowest BCUT2D eigenvalue weighted by atomic mass is 9.96. The average Bonchev–Trinajstić information content (AvgIpc) is 3.24. The number of carbonyl (C=O) groups is 1. The van der Waals surface area contributed by atoms with Crippen molar-refractivity contribution in [2.45, 2.75) is 25.9 Å². The fourth-order valence-electron chi connectivity index (χ4n) is 3.30. The molecule has 9 heteroatoms. The van der Waals surface area contributed by atoms with Gasteiger partial charge >= 0.3 is 12.1 Å². The summed E-state index contributed by atoms with van der Waals surface area (Å²) in [4.78, 5) is 21.7. The summed E-state index contributed by atoms with van der Waals surface area (Å²) < 4.78 is 39.3. The lowest BCUT2D eigenvalue weighted by Crippen LogP contribution is -2.13. The van der Waals surface area contributed by atoms with E-state index in [1.807, 2.05) is 13.0 Å². The van der Waals surface area contributed by atoms with Crippen molar-refractivity contribution in [1.29, 1.82) is 0 Å².